The zero-order valence-electron chi connectivity index (χ0n) is 21.5. The second-order valence-electron chi connectivity index (χ2n) is 8.70. The van der Waals surface area contributed by atoms with Crippen molar-refractivity contribution in [1.82, 2.24) is 29.5 Å². The number of hydrogen-bond acceptors (Lipinski definition) is 9. The fourth-order valence-corrected chi connectivity index (χ4v) is 5.68. The van der Waals surface area contributed by atoms with Gasteiger partial charge in [-0.2, -0.15) is 14.7 Å². The standard InChI is InChI=1S/C23H23Cl2N7O3S.C2H3N/c1-14(21-18(24)12-26-13-19(21)25)35-16-3-4-20-17(9-16)22(30-29-20)15-10-27-23(28-11-15)31-5-7-32(8-6-31)36(2,33)34;1-2-3/h3-4,9-14H,5-8H2,1-2H3,(H,29,30);1H3/t14-;/m1./s1. The number of nitrogens with one attached hydrogen (secondary N) is 1. The van der Waals surface area contributed by atoms with Gasteiger partial charge in [0.05, 0.1) is 27.9 Å². The molecule has 1 N–H and O–H groups in total. The molecule has 0 amide bonds. The van der Waals surface area contributed by atoms with Gasteiger partial charge in [-0.25, -0.2) is 18.4 Å². The molecule has 1 aliphatic heterocycles. The highest BCUT2D eigenvalue weighted by atomic mass is 35.5. The number of benzene rings is 1. The lowest BCUT2D eigenvalue weighted by Gasteiger charge is -2.33. The maximum Gasteiger partial charge on any atom is 0.225 e. The molecule has 0 spiro atoms. The molecule has 1 aromatic carbocycles. The second-order valence-corrected chi connectivity index (χ2v) is 11.5. The molecule has 0 saturated carbocycles. The van der Waals surface area contributed by atoms with Crippen LogP contribution in [0, 0.1) is 11.3 Å². The third kappa shape index (κ3) is 6.57. The van der Waals surface area contributed by atoms with Crippen LogP contribution in [0.25, 0.3) is 22.2 Å². The molecule has 4 aromatic rings. The highest BCUT2D eigenvalue weighted by molar-refractivity contribution is 7.88. The Morgan fingerprint density at radius 3 is 2.28 bits per heavy atom. The van der Waals surface area contributed by atoms with E-state index in [1.54, 1.807) is 18.5 Å². The predicted octanol–water partition coefficient (Wildman–Crippen LogP) is 4.47. The van der Waals surface area contributed by atoms with E-state index in [1.807, 2.05) is 30.0 Å². The maximum absolute atomic E-state index is 11.7. The van der Waals surface area contributed by atoms with Crippen LogP contribution in [-0.4, -0.2) is 70.3 Å². The Bertz CT molecular complexity index is 1580. The number of anilines is 1. The molecule has 0 aliphatic carbocycles. The van der Waals surface area contributed by atoms with Crippen molar-refractivity contribution in [3.8, 4) is 23.1 Å². The summed E-state index contributed by atoms with van der Waals surface area (Å²) in [7, 11) is -3.19. The molecule has 1 atom stereocenters. The zero-order chi connectivity index (χ0) is 28.2. The van der Waals surface area contributed by atoms with Crippen molar-refractivity contribution in [2.75, 3.05) is 37.3 Å². The van der Waals surface area contributed by atoms with Gasteiger partial charge in [0.1, 0.15) is 17.5 Å². The summed E-state index contributed by atoms with van der Waals surface area (Å²) in [6.45, 7) is 5.18. The third-order valence-electron chi connectivity index (χ3n) is 6.05. The number of sulfonamides is 1. The zero-order valence-corrected chi connectivity index (χ0v) is 23.8. The number of rotatable bonds is 6. The number of halogens is 2. The first-order valence-corrected chi connectivity index (χ1v) is 14.5. The molecular formula is C25H26Cl2N8O3S. The average molecular weight is 590 g/mol. The molecule has 4 heterocycles. The quantitative estimate of drug-likeness (QED) is 0.345. The number of hydrogen-bond donors (Lipinski definition) is 1. The first kappa shape index (κ1) is 28.5. The number of fused-ring (bicyclic) bond motifs is 1. The van der Waals surface area contributed by atoms with Crippen LogP contribution in [0.15, 0.2) is 43.0 Å². The van der Waals surface area contributed by atoms with Gasteiger partial charge in [-0.05, 0) is 25.1 Å². The minimum atomic E-state index is -3.19. The molecule has 11 nitrogen and oxygen atoms in total. The van der Waals surface area contributed by atoms with Crippen molar-refractivity contribution in [1.29, 1.82) is 5.26 Å². The van der Waals surface area contributed by atoms with Crippen LogP contribution >= 0.6 is 23.2 Å². The van der Waals surface area contributed by atoms with Crippen LogP contribution in [0.3, 0.4) is 0 Å². The van der Waals surface area contributed by atoms with Crippen molar-refractivity contribution in [3.63, 3.8) is 0 Å². The fraction of sp³-hybridized carbons (Fsp3) is 0.320. The van der Waals surface area contributed by atoms with Gasteiger partial charge in [-0.15, -0.1) is 0 Å². The summed E-state index contributed by atoms with van der Waals surface area (Å²) in [4.78, 5) is 15.0. The van der Waals surface area contributed by atoms with Crippen molar-refractivity contribution in [2.24, 2.45) is 0 Å². The van der Waals surface area contributed by atoms with Crippen molar-refractivity contribution in [3.05, 3.63) is 58.6 Å². The first-order chi connectivity index (χ1) is 18.6. The summed E-state index contributed by atoms with van der Waals surface area (Å²) in [5, 5.41) is 16.5. The molecule has 0 radical (unpaired) electrons. The number of piperazine rings is 1. The summed E-state index contributed by atoms with van der Waals surface area (Å²) in [6.07, 6.45) is 7.33. The molecule has 14 heteroatoms. The summed E-state index contributed by atoms with van der Waals surface area (Å²) in [5.41, 5.74) is 2.94. The van der Waals surface area contributed by atoms with Gasteiger partial charge in [0.15, 0.2) is 0 Å². The van der Waals surface area contributed by atoms with Crippen LogP contribution in [0.1, 0.15) is 25.5 Å². The Morgan fingerprint density at radius 1 is 1.08 bits per heavy atom. The van der Waals surface area contributed by atoms with Crippen LogP contribution in [0.2, 0.25) is 10.0 Å². The first-order valence-electron chi connectivity index (χ1n) is 11.9. The second kappa shape index (κ2) is 12.1. The van der Waals surface area contributed by atoms with Crippen LogP contribution in [0.4, 0.5) is 5.95 Å². The molecule has 204 valence electrons. The normalized spacial score (nSPS) is 14.8. The minimum Gasteiger partial charge on any atom is -0.486 e. The van der Waals surface area contributed by atoms with Crippen molar-refractivity contribution >= 4 is 50.1 Å². The van der Waals surface area contributed by atoms with Gasteiger partial charge in [0, 0.05) is 74.4 Å². The van der Waals surface area contributed by atoms with E-state index in [1.165, 1.54) is 29.9 Å². The van der Waals surface area contributed by atoms with Crippen molar-refractivity contribution < 1.29 is 13.2 Å². The summed E-state index contributed by atoms with van der Waals surface area (Å²) < 4.78 is 31.1. The SMILES string of the molecule is CC#N.C[C@@H](Oc1ccc2[nH]nc(-c3cnc(N4CCN(S(C)(=O)=O)CC4)nc3)c2c1)c1c(Cl)cncc1Cl. The van der Waals surface area contributed by atoms with Crippen LogP contribution in [0.5, 0.6) is 5.75 Å². The molecule has 1 fully saturated rings. The summed E-state index contributed by atoms with van der Waals surface area (Å²) >= 11 is 12.6. The van der Waals surface area contributed by atoms with E-state index in [9.17, 15) is 8.42 Å². The number of aromatic amines is 1. The highest BCUT2D eigenvalue weighted by Crippen LogP contribution is 2.34. The Hall–Kier alpha value is -3.50. The Balaban J connectivity index is 0.00000112. The molecule has 1 saturated heterocycles. The third-order valence-corrected chi connectivity index (χ3v) is 7.95. The molecule has 1 aliphatic rings. The molecule has 0 unspecified atom stereocenters. The van der Waals surface area contributed by atoms with Gasteiger partial charge in [-0.1, -0.05) is 23.2 Å². The molecule has 0 bridgehead atoms. The Labute approximate surface area is 236 Å². The van der Waals surface area contributed by atoms with E-state index in [0.717, 1.165) is 16.5 Å². The van der Waals surface area contributed by atoms with Gasteiger partial charge in [0.25, 0.3) is 0 Å². The van der Waals surface area contributed by atoms with Gasteiger partial charge in [-0.3, -0.25) is 10.1 Å². The number of aromatic nitrogens is 5. The van der Waals surface area contributed by atoms with Gasteiger partial charge in [0.2, 0.25) is 16.0 Å². The molecular weight excluding hydrogens is 563 g/mol. The molecule has 39 heavy (non-hydrogen) atoms. The summed E-state index contributed by atoms with van der Waals surface area (Å²) in [5.74, 6) is 1.18. The maximum atomic E-state index is 11.7. The van der Waals surface area contributed by atoms with Gasteiger partial charge < -0.3 is 9.64 Å². The van der Waals surface area contributed by atoms with E-state index >= 15 is 0 Å². The lowest BCUT2D eigenvalue weighted by Crippen LogP contribution is -2.48. The Morgan fingerprint density at radius 2 is 1.69 bits per heavy atom. The smallest absolute Gasteiger partial charge is 0.225 e. The minimum absolute atomic E-state index is 0.397. The lowest BCUT2D eigenvalue weighted by molar-refractivity contribution is 0.227. The number of pyridine rings is 1. The molecule has 5 rings (SSSR count). The van der Waals surface area contributed by atoms with E-state index in [2.05, 4.69) is 25.1 Å². The van der Waals surface area contributed by atoms with Gasteiger partial charge >= 0.3 is 0 Å². The van der Waals surface area contributed by atoms with E-state index in [-0.39, 0.29) is 0 Å². The lowest BCUT2D eigenvalue weighted by atomic mass is 10.1. The number of nitriles is 1. The Kier molecular flexibility index (Phi) is 8.87. The summed E-state index contributed by atoms with van der Waals surface area (Å²) in [6, 6.07) is 7.38. The molecule has 3 aromatic heterocycles. The van der Waals surface area contributed by atoms with E-state index in [4.69, 9.17) is 33.2 Å². The number of H-pyrrole nitrogens is 1. The topological polar surface area (TPSA) is 141 Å². The van der Waals surface area contributed by atoms with E-state index in [0.29, 0.717) is 59.2 Å². The van der Waals surface area contributed by atoms with Crippen LogP contribution < -0.4 is 9.64 Å². The largest absolute Gasteiger partial charge is 0.486 e. The highest BCUT2D eigenvalue weighted by Gasteiger charge is 2.25. The fourth-order valence-electron chi connectivity index (χ4n) is 4.19. The average Bonchev–Trinajstić information content (AvgIpc) is 3.32. The number of ether oxygens (including phenoxy) is 1. The number of nitrogens with zero attached hydrogens (tertiary/aromatic N) is 7. The van der Waals surface area contributed by atoms with E-state index < -0.39 is 16.1 Å². The van der Waals surface area contributed by atoms with Crippen molar-refractivity contribution in [2.45, 2.75) is 20.0 Å². The predicted molar refractivity (Wildman–Crippen MR) is 150 cm³/mol. The monoisotopic (exact) mass is 588 g/mol. The van der Waals surface area contributed by atoms with Crippen LogP contribution in [-0.2, 0) is 10.0 Å².